The van der Waals surface area contributed by atoms with Crippen LogP contribution in [0.2, 0.25) is 0 Å². The van der Waals surface area contributed by atoms with E-state index < -0.39 is 0 Å². The third-order valence-electron chi connectivity index (χ3n) is 5.19. The molecule has 3 heterocycles. The number of pyridine rings is 1. The minimum absolute atomic E-state index is 0.0136. The number of anilines is 1. The molecular weight excluding hydrogens is 472 g/mol. The van der Waals surface area contributed by atoms with E-state index in [-0.39, 0.29) is 5.91 Å². The predicted octanol–water partition coefficient (Wildman–Crippen LogP) is 4.77. The lowest BCUT2D eigenvalue weighted by atomic mass is 10.2. The Morgan fingerprint density at radius 3 is 2.58 bits per heavy atom. The van der Waals surface area contributed by atoms with E-state index in [1.54, 1.807) is 41.8 Å². The summed E-state index contributed by atoms with van der Waals surface area (Å²) in [4.78, 5) is 30.0. The van der Waals surface area contributed by atoms with Crippen LogP contribution in [0.5, 0.6) is 0 Å². The Labute approximate surface area is 215 Å². The molecule has 8 nitrogen and oxygen atoms in total. The highest BCUT2D eigenvalue weighted by Crippen LogP contribution is 2.28. The van der Waals surface area contributed by atoms with E-state index in [0.29, 0.717) is 25.5 Å². The number of aromatic nitrogens is 4. The van der Waals surface area contributed by atoms with Crippen LogP contribution in [0.25, 0.3) is 22.0 Å². The maximum absolute atomic E-state index is 10.6. The fourth-order valence-electron chi connectivity index (χ4n) is 3.01. The quantitative estimate of drug-likeness (QED) is 0.352. The van der Waals surface area contributed by atoms with Crippen LogP contribution in [0.4, 0.5) is 5.95 Å². The number of aryl methyl sites for hydroxylation is 1. The molecule has 3 aromatic heterocycles. The van der Waals surface area contributed by atoms with Crippen LogP contribution < -0.4 is 5.32 Å². The monoisotopic (exact) mass is 500 g/mol. The molecule has 4 aromatic rings. The van der Waals surface area contributed by atoms with Gasteiger partial charge in [0, 0.05) is 62.5 Å². The zero-order valence-corrected chi connectivity index (χ0v) is 21.3. The van der Waals surface area contributed by atoms with Crippen LogP contribution in [0, 0.1) is 19.0 Å². The Balaban J connectivity index is 0.000000308. The Morgan fingerprint density at radius 1 is 1.06 bits per heavy atom. The molecule has 0 saturated heterocycles. The highest BCUT2D eigenvalue weighted by atomic mass is 32.1. The maximum atomic E-state index is 10.6. The second kappa shape index (κ2) is 13.6. The van der Waals surface area contributed by atoms with E-state index in [4.69, 9.17) is 10.1 Å². The Morgan fingerprint density at radius 2 is 1.86 bits per heavy atom. The second-order valence-corrected chi connectivity index (χ2v) is 8.61. The SMILES string of the molecule is CC(=O)N(C)CCC#CO.Cc1ncccc1CNc1nccc(-c2csc(-c3ccccc3)n2)n1. The number of aliphatic hydroxyl groups is 1. The number of carbonyl (C=O) groups is 1. The normalized spacial score (nSPS) is 9.86. The van der Waals surface area contributed by atoms with Crippen molar-refractivity contribution in [3.8, 4) is 34.0 Å². The van der Waals surface area contributed by atoms with Gasteiger partial charge < -0.3 is 15.3 Å². The van der Waals surface area contributed by atoms with Crippen LogP contribution in [0.15, 0.2) is 66.3 Å². The van der Waals surface area contributed by atoms with Gasteiger partial charge in [-0.05, 0) is 24.6 Å². The standard InChI is InChI=1S/C20H17N5S.C7H11NO2/c1-14-16(8-5-10-21-14)12-23-20-22-11-9-17(25-20)18-13-26-19(24-18)15-6-3-2-4-7-15;1-7(10)8(2)5-3-4-6-9/h2-11,13H,12H2,1H3,(H,22,23,25);9H,3,5H2,1-2H3. The molecular formula is C27H28N6O2S. The number of nitrogens with zero attached hydrogens (tertiary/aromatic N) is 5. The summed E-state index contributed by atoms with van der Waals surface area (Å²) in [6, 6.07) is 16.0. The second-order valence-electron chi connectivity index (χ2n) is 7.75. The summed E-state index contributed by atoms with van der Waals surface area (Å²) in [5.74, 6) is 3.04. The summed E-state index contributed by atoms with van der Waals surface area (Å²) in [5, 5.41) is 14.3. The van der Waals surface area contributed by atoms with Gasteiger partial charge in [-0.15, -0.1) is 11.3 Å². The van der Waals surface area contributed by atoms with Crippen molar-refractivity contribution in [2.45, 2.75) is 26.8 Å². The zero-order chi connectivity index (χ0) is 25.8. The first-order valence-corrected chi connectivity index (χ1v) is 12.2. The minimum atomic E-state index is 0.0136. The summed E-state index contributed by atoms with van der Waals surface area (Å²) in [5.41, 5.74) is 4.91. The molecule has 184 valence electrons. The summed E-state index contributed by atoms with van der Waals surface area (Å²) in [7, 11) is 1.70. The molecule has 0 aliphatic carbocycles. The smallest absolute Gasteiger partial charge is 0.223 e. The lowest BCUT2D eigenvalue weighted by Gasteiger charge is -2.11. The molecule has 2 N–H and O–H groups in total. The van der Waals surface area contributed by atoms with Crippen LogP contribution in [0.1, 0.15) is 24.6 Å². The Bertz CT molecular complexity index is 1330. The number of nitrogens with one attached hydrogen (secondary N) is 1. The van der Waals surface area contributed by atoms with Crippen molar-refractivity contribution in [1.29, 1.82) is 0 Å². The average Bonchev–Trinajstić information content (AvgIpc) is 3.40. The van der Waals surface area contributed by atoms with Gasteiger partial charge in [-0.3, -0.25) is 9.78 Å². The van der Waals surface area contributed by atoms with Crippen molar-refractivity contribution < 1.29 is 9.90 Å². The summed E-state index contributed by atoms with van der Waals surface area (Å²) < 4.78 is 0. The van der Waals surface area contributed by atoms with Gasteiger partial charge in [0.2, 0.25) is 11.9 Å². The lowest BCUT2D eigenvalue weighted by molar-refractivity contribution is -0.127. The Hall–Kier alpha value is -4.29. The molecule has 0 atom stereocenters. The lowest BCUT2D eigenvalue weighted by Crippen LogP contribution is -2.24. The van der Waals surface area contributed by atoms with Crippen molar-refractivity contribution >= 4 is 23.2 Å². The van der Waals surface area contributed by atoms with Gasteiger partial charge in [0.15, 0.2) is 0 Å². The maximum Gasteiger partial charge on any atom is 0.223 e. The van der Waals surface area contributed by atoms with Crippen LogP contribution in [-0.2, 0) is 11.3 Å². The molecule has 0 spiro atoms. The van der Waals surface area contributed by atoms with Crippen LogP contribution in [-0.4, -0.2) is 49.4 Å². The number of thiazole rings is 1. The van der Waals surface area contributed by atoms with Crippen molar-refractivity contribution in [2.24, 2.45) is 0 Å². The summed E-state index contributed by atoms with van der Waals surface area (Å²) in [6.45, 7) is 4.69. The van der Waals surface area contributed by atoms with E-state index in [1.165, 1.54) is 6.92 Å². The van der Waals surface area contributed by atoms with E-state index in [1.807, 2.05) is 48.7 Å². The van der Waals surface area contributed by atoms with Gasteiger partial charge in [0.1, 0.15) is 16.8 Å². The van der Waals surface area contributed by atoms with Gasteiger partial charge in [0.25, 0.3) is 0 Å². The number of amides is 1. The van der Waals surface area contributed by atoms with Crippen molar-refractivity contribution in [3.63, 3.8) is 0 Å². The molecule has 4 rings (SSSR count). The highest BCUT2D eigenvalue weighted by molar-refractivity contribution is 7.13. The topological polar surface area (TPSA) is 104 Å². The molecule has 0 unspecified atom stereocenters. The number of hydrogen-bond donors (Lipinski definition) is 2. The van der Waals surface area contributed by atoms with E-state index in [0.717, 1.165) is 33.2 Å². The van der Waals surface area contributed by atoms with Crippen molar-refractivity contribution in [1.82, 2.24) is 24.8 Å². The molecule has 0 bridgehead atoms. The van der Waals surface area contributed by atoms with Gasteiger partial charge in [-0.2, -0.15) is 0 Å². The summed E-state index contributed by atoms with van der Waals surface area (Å²) in [6.07, 6.45) is 5.84. The molecule has 1 amide bonds. The first-order chi connectivity index (χ1) is 17.5. The minimum Gasteiger partial charge on any atom is -0.462 e. The highest BCUT2D eigenvalue weighted by Gasteiger charge is 2.09. The molecule has 0 aliphatic rings. The number of hydrogen-bond acceptors (Lipinski definition) is 8. The molecule has 1 aromatic carbocycles. The molecule has 0 fully saturated rings. The molecule has 0 radical (unpaired) electrons. The van der Waals surface area contributed by atoms with Crippen molar-refractivity contribution in [2.75, 3.05) is 18.9 Å². The summed E-state index contributed by atoms with van der Waals surface area (Å²) >= 11 is 1.62. The van der Waals surface area contributed by atoms with Gasteiger partial charge in [0.05, 0.1) is 5.69 Å². The Kier molecular flexibility index (Phi) is 9.91. The van der Waals surface area contributed by atoms with Gasteiger partial charge in [-0.1, -0.05) is 42.3 Å². The number of carbonyl (C=O) groups excluding carboxylic acids is 1. The van der Waals surface area contributed by atoms with Crippen molar-refractivity contribution in [3.05, 3.63) is 77.6 Å². The third kappa shape index (κ3) is 7.89. The zero-order valence-electron chi connectivity index (χ0n) is 20.5. The molecule has 36 heavy (non-hydrogen) atoms. The first-order valence-electron chi connectivity index (χ1n) is 11.3. The fourth-order valence-corrected chi connectivity index (χ4v) is 3.83. The average molecular weight is 501 g/mol. The molecule has 0 aliphatic heterocycles. The van der Waals surface area contributed by atoms with Gasteiger partial charge >= 0.3 is 0 Å². The molecule has 9 heteroatoms. The fraction of sp³-hybridized carbons (Fsp3) is 0.222. The van der Waals surface area contributed by atoms with Crippen LogP contribution in [0.3, 0.4) is 0 Å². The third-order valence-corrected chi connectivity index (χ3v) is 6.08. The van der Waals surface area contributed by atoms with E-state index in [9.17, 15) is 4.79 Å². The number of benzene rings is 1. The number of aliphatic hydroxyl groups excluding tert-OH is 1. The van der Waals surface area contributed by atoms with Gasteiger partial charge in [-0.25, -0.2) is 15.0 Å². The van der Waals surface area contributed by atoms with E-state index in [2.05, 4.69) is 38.3 Å². The number of rotatable bonds is 7. The predicted molar refractivity (Wildman–Crippen MR) is 143 cm³/mol. The molecule has 0 saturated carbocycles. The first kappa shape index (κ1) is 26.3. The van der Waals surface area contributed by atoms with Crippen LogP contribution >= 0.6 is 11.3 Å². The van der Waals surface area contributed by atoms with E-state index >= 15 is 0 Å². The largest absolute Gasteiger partial charge is 0.462 e.